The Labute approximate surface area is 149 Å². The van der Waals surface area contributed by atoms with Crippen molar-refractivity contribution >= 4 is 11.8 Å². The summed E-state index contributed by atoms with van der Waals surface area (Å²) in [7, 11) is 1.64. The standard InChI is InChI=1S/C18H19F3N2O3/c1-22(10-12-6-2-5-9-15(12)26-18(19,20)21)11-23-16(24)13-7-3-4-8-14(13)17(23)25/h2-6,9,13-14H,7-8,10-11H2,1H3/t13-,14+. The number of imide groups is 1. The number of nitrogens with zero attached hydrogens (tertiary/aromatic N) is 2. The molecular formula is C18H19F3N2O3. The van der Waals surface area contributed by atoms with Crippen molar-refractivity contribution in [3.8, 4) is 5.75 Å². The van der Waals surface area contributed by atoms with Gasteiger partial charge in [-0.1, -0.05) is 30.4 Å². The van der Waals surface area contributed by atoms with Gasteiger partial charge in [-0.25, -0.2) is 0 Å². The highest BCUT2D eigenvalue weighted by Gasteiger charge is 2.47. The molecule has 0 N–H and O–H groups in total. The van der Waals surface area contributed by atoms with Crippen molar-refractivity contribution in [1.82, 2.24) is 9.80 Å². The zero-order chi connectivity index (χ0) is 18.9. The molecule has 3 rings (SSSR count). The molecule has 1 aliphatic carbocycles. The van der Waals surface area contributed by atoms with Gasteiger partial charge in [0.15, 0.2) is 0 Å². The van der Waals surface area contributed by atoms with Crippen LogP contribution in [0.5, 0.6) is 5.75 Å². The topological polar surface area (TPSA) is 49.9 Å². The van der Waals surface area contributed by atoms with Gasteiger partial charge in [0.1, 0.15) is 5.75 Å². The molecule has 2 amide bonds. The summed E-state index contributed by atoms with van der Waals surface area (Å²) in [5.74, 6) is -1.35. The van der Waals surface area contributed by atoms with E-state index >= 15 is 0 Å². The molecule has 0 spiro atoms. The smallest absolute Gasteiger partial charge is 0.405 e. The number of fused-ring (bicyclic) bond motifs is 1. The molecular weight excluding hydrogens is 349 g/mol. The normalized spacial score (nSPS) is 22.9. The van der Waals surface area contributed by atoms with Gasteiger partial charge >= 0.3 is 6.36 Å². The maximum Gasteiger partial charge on any atom is 0.573 e. The Morgan fingerprint density at radius 1 is 1.12 bits per heavy atom. The lowest BCUT2D eigenvalue weighted by Gasteiger charge is -2.24. The molecule has 2 aliphatic rings. The summed E-state index contributed by atoms with van der Waals surface area (Å²) < 4.78 is 41.6. The number of amides is 2. The molecule has 140 valence electrons. The summed E-state index contributed by atoms with van der Waals surface area (Å²) in [6.07, 6.45) is 0.141. The van der Waals surface area contributed by atoms with Crippen molar-refractivity contribution in [2.45, 2.75) is 25.7 Å². The Balaban J connectivity index is 1.67. The van der Waals surface area contributed by atoms with Crippen molar-refractivity contribution in [3.63, 3.8) is 0 Å². The zero-order valence-electron chi connectivity index (χ0n) is 14.2. The summed E-state index contributed by atoms with van der Waals surface area (Å²) in [6.45, 7) is 0.141. The zero-order valence-corrected chi connectivity index (χ0v) is 14.2. The van der Waals surface area contributed by atoms with E-state index in [0.29, 0.717) is 18.4 Å². The second-order valence-electron chi connectivity index (χ2n) is 6.57. The molecule has 0 saturated carbocycles. The first-order chi connectivity index (χ1) is 12.3. The fraction of sp³-hybridized carbons (Fsp3) is 0.444. The van der Waals surface area contributed by atoms with Gasteiger partial charge in [0.25, 0.3) is 0 Å². The lowest BCUT2D eigenvalue weighted by molar-refractivity contribution is -0.275. The number of rotatable bonds is 5. The third-order valence-corrected chi connectivity index (χ3v) is 4.62. The van der Waals surface area contributed by atoms with Crippen LogP contribution in [0.3, 0.4) is 0 Å². The lowest BCUT2D eigenvalue weighted by Crippen LogP contribution is -2.40. The molecule has 1 aliphatic heterocycles. The quantitative estimate of drug-likeness (QED) is 0.592. The SMILES string of the molecule is CN(Cc1ccccc1OC(F)(F)F)CN1C(=O)[C@H]2CC=CC[C@H]2C1=O. The molecule has 1 aromatic carbocycles. The van der Waals surface area contributed by atoms with Gasteiger partial charge in [-0.2, -0.15) is 0 Å². The Kier molecular flexibility index (Phi) is 5.04. The van der Waals surface area contributed by atoms with Gasteiger partial charge in [-0.3, -0.25) is 19.4 Å². The van der Waals surface area contributed by atoms with Crippen LogP contribution in [0.1, 0.15) is 18.4 Å². The molecule has 1 aromatic rings. The minimum Gasteiger partial charge on any atom is -0.405 e. The minimum atomic E-state index is -4.78. The monoisotopic (exact) mass is 368 g/mol. The van der Waals surface area contributed by atoms with E-state index in [2.05, 4.69) is 4.74 Å². The van der Waals surface area contributed by atoms with Gasteiger partial charge in [0.05, 0.1) is 18.5 Å². The van der Waals surface area contributed by atoms with Crippen LogP contribution in [0.15, 0.2) is 36.4 Å². The fourth-order valence-corrected chi connectivity index (χ4v) is 3.45. The van der Waals surface area contributed by atoms with Crippen LogP contribution < -0.4 is 4.74 Å². The largest absolute Gasteiger partial charge is 0.573 e. The van der Waals surface area contributed by atoms with Crippen LogP contribution in [0.2, 0.25) is 0 Å². The molecule has 26 heavy (non-hydrogen) atoms. The number of ether oxygens (including phenoxy) is 1. The second kappa shape index (κ2) is 7.11. The van der Waals surface area contributed by atoms with E-state index in [1.54, 1.807) is 18.0 Å². The average molecular weight is 368 g/mol. The van der Waals surface area contributed by atoms with Crippen molar-refractivity contribution in [3.05, 3.63) is 42.0 Å². The number of alkyl halides is 3. The number of likely N-dealkylation sites (tertiary alicyclic amines) is 1. The molecule has 8 heteroatoms. The summed E-state index contributed by atoms with van der Waals surface area (Å²) >= 11 is 0. The van der Waals surface area contributed by atoms with Gasteiger partial charge in [-0.05, 0) is 26.0 Å². The number of carbonyl (C=O) groups excluding carboxylic acids is 2. The molecule has 0 aromatic heterocycles. The molecule has 1 fully saturated rings. The highest BCUT2D eigenvalue weighted by Crippen LogP contribution is 2.35. The third-order valence-electron chi connectivity index (χ3n) is 4.62. The molecule has 0 radical (unpaired) electrons. The molecule has 5 nitrogen and oxygen atoms in total. The van der Waals surface area contributed by atoms with E-state index in [1.807, 2.05) is 12.2 Å². The number of carbonyl (C=O) groups is 2. The Morgan fingerprint density at radius 2 is 1.69 bits per heavy atom. The van der Waals surface area contributed by atoms with Gasteiger partial charge in [0, 0.05) is 12.1 Å². The van der Waals surface area contributed by atoms with Gasteiger partial charge < -0.3 is 4.74 Å². The predicted molar refractivity (Wildman–Crippen MR) is 86.7 cm³/mol. The van der Waals surface area contributed by atoms with Crippen molar-refractivity contribution in [2.24, 2.45) is 11.8 Å². The first-order valence-electron chi connectivity index (χ1n) is 8.28. The highest BCUT2D eigenvalue weighted by atomic mass is 19.4. The highest BCUT2D eigenvalue weighted by molar-refractivity contribution is 6.05. The number of halogens is 3. The maximum absolute atomic E-state index is 12.5. The van der Waals surface area contributed by atoms with Gasteiger partial charge in [0.2, 0.25) is 11.8 Å². The van der Waals surface area contributed by atoms with Crippen LogP contribution in [0.4, 0.5) is 13.2 Å². The van der Waals surface area contributed by atoms with Crippen LogP contribution in [0.25, 0.3) is 0 Å². The van der Waals surface area contributed by atoms with E-state index < -0.39 is 6.36 Å². The number of hydrogen-bond donors (Lipinski definition) is 0. The van der Waals surface area contributed by atoms with E-state index in [1.165, 1.54) is 23.1 Å². The maximum atomic E-state index is 12.5. The van der Waals surface area contributed by atoms with Crippen molar-refractivity contribution < 1.29 is 27.5 Å². The Bertz CT molecular complexity index is 707. The average Bonchev–Trinajstić information content (AvgIpc) is 2.81. The number of hydrogen-bond acceptors (Lipinski definition) is 4. The summed E-state index contributed by atoms with van der Waals surface area (Å²) in [4.78, 5) is 27.8. The van der Waals surface area contributed by atoms with Crippen LogP contribution in [-0.4, -0.2) is 41.7 Å². The van der Waals surface area contributed by atoms with E-state index in [4.69, 9.17) is 0 Å². The summed E-state index contributed by atoms with van der Waals surface area (Å²) in [5.41, 5.74) is 0.325. The van der Waals surface area contributed by atoms with Crippen LogP contribution in [0, 0.1) is 11.8 Å². The fourth-order valence-electron chi connectivity index (χ4n) is 3.45. The molecule has 1 saturated heterocycles. The third kappa shape index (κ3) is 3.90. The Morgan fingerprint density at radius 3 is 2.27 bits per heavy atom. The van der Waals surface area contributed by atoms with Crippen molar-refractivity contribution in [1.29, 1.82) is 0 Å². The molecule has 1 heterocycles. The molecule has 2 atom stereocenters. The minimum absolute atomic E-state index is 0.0328. The first kappa shape index (κ1) is 18.4. The van der Waals surface area contributed by atoms with E-state index in [-0.39, 0.29) is 42.6 Å². The number of allylic oxidation sites excluding steroid dienone is 2. The van der Waals surface area contributed by atoms with Crippen LogP contribution in [-0.2, 0) is 16.1 Å². The lowest BCUT2D eigenvalue weighted by atomic mass is 9.85. The van der Waals surface area contributed by atoms with E-state index in [0.717, 1.165) is 0 Å². The van der Waals surface area contributed by atoms with Gasteiger partial charge in [-0.15, -0.1) is 13.2 Å². The van der Waals surface area contributed by atoms with Crippen molar-refractivity contribution in [2.75, 3.05) is 13.7 Å². The van der Waals surface area contributed by atoms with E-state index in [9.17, 15) is 22.8 Å². The second-order valence-corrected chi connectivity index (χ2v) is 6.57. The number of benzene rings is 1. The molecule has 0 unspecified atom stereocenters. The number of para-hydroxylation sites is 1. The Hall–Kier alpha value is -2.35. The summed E-state index contributed by atoms with van der Waals surface area (Å²) in [6, 6.07) is 5.83. The predicted octanol–water partition coefficient (Wildman–Crippen LogP) is 2.93. The summed E-state index contributed by atoms with van der Waals surface area (Å²) in [5, 5.41) is 0. The first-order valence-corrected chi connectivity index (χ1v) is 8.28. The van der Waals surface area contributed by atoms with Crippen LogP contribution >= 0.6 is 0 Å². The molecule has 0 bridgehead atoms.